The standard InChI is InChI=1S/C24H22N2O4S2/c1-3-30-20-14-12-19(13-15-20)26(24-25-21-6-4-5-7-22(21)31-24)23(27)18-10-8-17(9-11-18)16-32(2,28)29/h4-15H,3,16H2,1-2H3. The third-order valence-electron chi connectivity index (χ3n) is 4.71. The van der Waals surface area contributed by atoms with E-state index in [1.54, 1.807) is 29.2 Å². The number of sulfone groups is 1. The smallest absolute Gasteiger partial charge is 0.264 e. The van der Waals surface area contributed by atoms with Crippen molar-refractivity contribution in [1.82, 2.24) is 4.98 Å². The predicted octanol–water partition coefficient (Wildman–Crippen LogP) is 5.22. The van der Waals surface area contributed by atoms with Crippen molar-refractivity contribution >= 4 is 48.1 Å². The predicted molar refractivity (Wildman–Crippen MR) is 129 cm³/mol. The molecule has 0 saturated heterocycles. The van der Waals surface area contributed by atoms with Crippen LogP contribution in [0.2, 0.25) is 0 Å². The maximum Gasteiger partial charge on any atom is 0.264 e. The van der Waals surface area contributed by atoms with Crippen LogP contribution in [0.25, 0.3) is 10.2 Å². The highest BCUT2D eigenvalue weighted by Gasteiger charge is 2.23. The van der Waals surface area contributed by atoms with E-state index in [4.69, 9.17) is 4.74 Å². The Morgan fingerprint density at radius 2 is 1.69 bits per heavy atom. The van der Waals surface area contributed by atoms with Gasteiger partial charge in [-0.3, -0.25) is 9.69 Å². The molecule has 0 unspecified atom stereocenters. The van der Waals surface area contributed by atoms with Gasteiger partial charge in [0.15, 0.2) is 15.0 Å². The highest BCUT2D eigenvalue weighted by molar-refractivity contribution is 7.89. The summed E-state index contributed by atoms with van der Waals surface area (Å²) in [5.74, 6) is 0.402. The number of rotatable bonds is 7. The van der Waals surface area contributed by atoms with Crippen LogP contribution in [0, 0.1) is 0 Å². The van der Waals surface area contributed by atoms with Gasteiger partial charge in [-0.1, -0.05) is 35.6 Å². The number of anilines is 2. The quantitative estimate of drug-likeness (QED) is 0.373. The Bertz CT molecular complexity index is 1310. The van der Waals surface area contributed by atoms with E-state index in [1.807, 2.05) is 55.5 Å². The lowest BCUT2D eigenvalue weighted by Gasteiger charge is -2.20. The number of para-hydroxylation sites is 1. The van der Waals surface area contributed by atoms with Crippen LogP contribution >= 0.6 is 11.3 Å². The number of benzene rings is 3. The number of hydrogen-bond donors (Lipinski definition) is 0. The number of amides is 1. The van der Waals surface area contributed by atoms with Gasteiger partial charge in [0, 0.05) is 11.8 Å². The van der Waals surface area contributed by atoms with Crippen LogP contribution in [-0.2, 0) is 15.6 Å². The molecule has 164 valence electrons. The van der Waals surface area contributed by atoms with Gasteiger partial charge in [-0.2, -0.15) is 0 Å². The Balaban J connectivity index is 1.73. The zero-order valence-electron chi connectivity index (χ0n) is 17.7. The fourth-order valence-corrected chi connectivity index (χ4v) is 5.09. The van der Waals surface area contributed by atoms with Gasteiger partial charge < -0.3 is 4.74 Å². The van der Waals surface area contributed by atoms with E-state index < -0.39 is 9.84 Å². The fraction of sp³-hybridized carbons (Fsp3) is 0.167. The third kappa shape index (κ3) is 4.98. The summed E-state index contributed by atoms with van der Waals surface area (Å²) in [4.78, 5) is 19.8. The van der Waals surface area contributed by atoms with Crippen LogP contribution in [0.5, 0.6) is 5.75 Å². The topological polar surface area (TPSA) is 76.6 Å². The molecule has 0 aliphatic carbocycles. The van der Waals surface area contributed by atoms with Gasteiger partial charge in [0.2, 0.25) is 0 Å². The van der Waals surface area contributed by atoms with Crippen molar-refractivity contribution in [2.45, 2.75) is 12.7 Å². The van der Waals surface area contributed by atoms with E-state index in [-0.39, 0.29) is 11.7 Å². The van der Waals surface area contributed by atoms with Gasteiger partial charge in [-0.15, -0.1) is 0 Å². The highest BCUT2D eigenvalue weighted by atomic mass is 32.2. The Kier molecular flexibility index (Phi) is 6.25. The van der Waals surface area contributed by atoms with Crippen molar-refractivity contribution in [1.29, 1.82) is 0 Å². The van der Waals surface area contributed by atoms with E-state index in [0.717, 1.165) is 16.0 Å². The molecule has 4 rings (SSSR count). The summed E-state index contributed by atoms with van der Waals surface area (Å²) in [6.07, 6.45) is 1.19. The monoisotopic (exact) mass is 466 g/mol. The first-order valence-electron chi connectivity index (χ1n) is 10.0. The van der Waals surface area contributed by atoms with E-state index in [0.29, 0.717) is 28.6 Å². The molecule has 0 aliphatic heterocycles. The molecular formula is C24H22N2O4S2. The van der Waals surface area contributed by atoms with Crippen LogP contribution in [0.15, 0.2) is 72.8 Å². The second kappa shape index (κ2) is 9.10. The summed E-state index contributed by atoms with van der Waals surface area (Å²) in [5, 5.41) is 0.556. The summed E-state index contributed by atoms with van der Waals surface area (Å²) in [7, 11) is -3.15. The van der Waals surface area contributed by atoms with E-state index in [2.05, 4.69) is 4.98 Å². The maximum atomic E-state index is 13.6. The molecule has 32 heavy (non-hydrogen) atoms. The first-order chi connectivity index (χ1) is 15.3. The van der Waals surface area contributed by atoms with Crippen molar-refractivity contribution in [2.75, 3.05) is 17.8 Å². The van der Waals surface area contributed by atoms with E-state index >= 15 is 0 Å². The lowest BCUT2D eigenvalue weighted by molar-refractivity contribution is 0.0999. The number of nitrogens with zero attached hydrogens (tertiary/aromatic N) is 2. The minimum atomic E-state index is -3.15. The van der Waals surface area contributed by atoms with Crippen molar-refractivity contribution in [3.8, 4) is 5.75 Å². The third-order valence-corrected chi connectivity index (χ3v) is 6.59. The first kappa shape index (κ1) is 22.0. The molecule has 0 spiro atoms. The average Bonchev–Trinajstić information content (AvgIpc) is 3.18. The van der Waals surface area contributed by atoms with E-state index in [1.165, 1.54) is 17.6 Å². The fourth-order valence-electron chi connectivity index (χ4n) is 3.30. The Morgan fingerprint density at radius 3 is 2.31 bits per heavy atom. The van der Waals surface area contributed by atoms with Crippen molar-refractivity contribution < 1.29 is 17.9 Å². The van der Waals surface area contributed by atoms with Crippen LogP contribution < -0.4 is 9.64 Å². The molecule has 0 radical (unpaired) electrons. The summed E-state index contributed by atoms with van der Waals surface area (Å²) in [6.45, 7) is 2.47. The normalized spacial score (nSPS) is 11.4. The molecule has 8 heteroatoms. The summed E-state index contributed by atoms with van der Waals surface area (Å²) in [6, 6.07) is 21.7. The summed E-state index contributed by atoms with van der Waals surface area (Å²) >= 11 is 1.43. The molecule has 3 aromatic carbocycles. The molecule has 0 aliphatic rings. The molecule has 0 saturated carbocycles. The molecule has 0 bridgehead atoms. The minimum absolute atomic E-state index is 0.0675. The molecule has 0 atom stereocenters. The number of thiazole rings is 1. The van der Waals surface area contributed by atoms with Crippen molar-refractivity contribution in [2.24, 2.45) is 0 Å². The zero-order valence-corrected chi connectivity index (χ0v) is 19.3. The molecule has 1 heterocycles. The van der Waals surface area contributed by atoms with Crippen molar-refractivity contribution in [3.05, 3.63) is 83.9 Å². The van der Waals surface area contributed by atoms with Gasteiger partial charge in [0.25, 0.3) is 5.91 Å². The Labute approximate surface area is 191 Å². The van der Waals surface area contributed by atoms with Crippen LogP contribution in [0.4, 0.5) is 10.8 Å². The second-order valence-corrected chi connectivity index (χ2v) is 10.4. The Hall–Kier alpha value is -3.23. The second-order valence-electron chi connectivity index (χ2n) is 7.30. The largest absolute Gasteiger partial charge is 0.494 e. The van der Waals surface area contributed by atoms with E-state index in [9.17, 15) is 13.2 Å². The van der Waals surface area contributed by atoms with Crippen LogP contribution in [0.3, 0.4) is 0 Å². The lowest BCUT2D eigenvalue weighted by Crippen LogP contribution is -2.25. The molecule has 4 aromatic rings. The van der Waals surface area contributed by atoms with Gasteiger partial charge in [0.05, 0.1) is 28.3 Å². The van der Waals surface area contributed by atoms with Gasteiger partial charge in [-0.25, -0.2) is 13.4 Å². The van der Waals surface area contributed by atoms with Gasteiger partial charge in [-0.05, 0) is 61.0 Å². The lowest BCUT2D eigenvalue weighted by atomic mass is 10.1. The van der Waals surface area contributed by atoms with Crippen LogP contribution in [0.1, 0.15) is 22.8 Å². The molecule has 1 aromatic heterocycles. The van der Waals surface area contributed by atoms with Gasteiger partial charge >= 0.3 is 0 Å². The molecule has 0 fully saturated rings. The number of aromatic nitrogens is 1. The minimum Gasteiger partial charge on any atom is -0.494 e. The van der Waals surface area contributed by atoms with Gasteiger partial charge in [0.1, 0.15) is 5.75 Å². The summed E-state index contributed by atoms with van der Waals surface area (Å²) in [5.41, 5.74) is 2.56. The molecule has 1 amide bonds. The molecule has 0 N–H and O–H groups in total. The maximum absolute atomic E-state index is 13.6. The number of carbonyl (C=O) groups excluding carboxylic acids is 1. The summed E-state index contributed by atoms with van der Waals surface area (Å²) < 4.78 is 29.6. The number of fused-ring (bicyclic) bond motifs is 1. The number of ether oxygens (including phenoxy) is 1. The first-order valence-corrected chi connectivity index (χ1v) is 12.9. The molecule has 6 nitrogen and oxygen atoms in total. The highest BCUT2D eigenvalue weighted by Crippen LogP contribution is 2.35. The molecular weight excluding hydrogens is 444 g/mol. The Morgan fingerprint density at radius 1 is 1.00 bits per heavy atom. The SMILES string of the molecule is CCOc1ccc(N(C(=O)c2ccc(CS(C)(=O)=O)cc2)c2nc3ccccc3s2)cc1. The van der Waals surface area contributed by atoms with Crippen molar-refractivity contribution in [3.63, 3.8) is 0 Å². The average molecular weight is 467 g/mol. The number of hydrogen-bond acceptors (Lipinski definition) is 6. The van der Waals surface area contributed by atoms with Crippen LogP contribution in [-0.4, -0.2) is 32.2 Å². The zero-order chi connectivity index (χ0) is 22.7. The number of carbonyl (C=O) groups is 1.